The molecule has 0 bridgehead atoms. The molecule has 4 aromatic rings. The molecular formula is C25H26N4O5. The molecule has 0 atom stereocenters. The number of H-pyrrole nitrogens is 1. The van der Waals surface area contributed by atoms with Gasteiger partial charge in [0.15, 0.2) is 11.5 Å². The molecule has 1 aliphatic carbocycles. The number of aromatic nitrogens is 3. The number of nitrogens with one attached hydrogen (secondary N) is 1. The van der Waals surface area contributed by atoms with Crippen LogP contribution in [0.5, 0.6) is 11.5 Å². The quantitative estimate of drug-likeness (QED) is 0.424. The van der Waals surface area contributed by atoms with Gasteiger partial charge in [0.2, 0.25) is 6.79 Å². The SMILES string of the molecule is CC(=O)O.NCCCn1cc(-c2nc3cc4c(cc3[nH]c2=O)CCC4)c2cc3c(cc21)OCO3. The minimum atomic E-state index is -0.833. The molecular weight excluding hydrogens is 436 g/mol. The number of carboxylic acid groups (broad SMARTS) is 1. The Labute approximate surface area is 195 Å². The van der Waals surface area contributed by atoms with Gasteiger partial charge in [-0.1, -0.05) is 0 Å². The number of carbonyl (C=O) groups is 1. The fourth-order valence-corrected chi connectivity index (χ4v) is 4.65. The van der Waals surface area contributed by atoms with E-state index in [0.717, 1.165) is 72.4 Å². The summed E-state index contributed by atoms with van der Waals surface area (Å²) >= 11 is 0. The van der Waals surface area contributed by atoms with Gasteiger partial charge in [-0.15, -0.1) is 0 Å². The lowest BCUT2D eigenvalue weighted by atomic mass is 10.1. The zero-order chi connectivity index (χ0) is 23.8. The first-order chi connectivity index (χ1) is 16.4. The molecule has 0 saturated carbocycles. The van der Waals surface area contributed by atoms with E-state index in [2.05, 4.69) is 21.7 Å². The van der Waals surface area contributed by atoms with Crippen LogP contribution in [0.3, 0.4) is 0 Å². The molecule has 0 fully saturated rings. The number of hydrogen-bond acceptors (Lipinski definition) is 6. The highest BCUT2D eigenvalue weighted by Crippen LogP contribution is 2.40. The molecule has 0 unspecified atom stereocenters. The number of rotatable bonds is 4. The van der Waals surface area contributed by atoms with E-state index in [4.69, 9.17) is 30.1 Å². The van der Waals surface area contributed by atoms with Crippen molar-refractivity contribution in [1.29, 1.82) is 0 Å². The van der Waals surface area contributed by atoms with Gasteiger partial charge in [-0.25, -0.2) is 4.98 Å². The fraction of sp³-hybridized carbons (Fsp3) is 0.320. The second kappa shape index (κ2) is 8.83. The molecule has 2 aromatic carbocycles. The van der Waals surface area contributed by atoms with Crippen LogP contribution in [0.15, 0.2) is 35.3 Å². The van der Waals surface area contributed by atoms with E-state index >= 15 is 0 Å². The van der Waals surface area contributed by atoms with Crippen molar-refractivity contribution >= 4 is 27.9 Å². The second-order valence-electron chi connectivity index (χ2n) is 8.53. The molecule has 0 saturated heterocycles. The minimum absolute atomic E-state index is 0.184. The third kappa shape index (κ3) is 3.99. The van der Waals surface area contributed by atoms with E-state index in [9.17, 15) is 4.79 Å². The van der Waals surface area contributed by atoms with Gasteiger partial charge >= 0.3 is 0 Å². The maximum Gasteiger partial charge on any atom is 0.300 e. The number of ether oxygens (including phenoxy) is 2. The first kappa shape index (κ1) is 22.0. The molecule has 0 amide bonds. The topological polar surface area (TPSA) is 132 Å². The Morgan fingerprint density at radius 1 is 1.18 bits per heavy atom. The number of hydrogen-bond donors (Lipinski definition) is 3. The predicted molar refractivity (Wildman–Crippen MR) is 128 cm³/mol. The molecule has 9 heteroatoms. The Morgan fingerprint density at radius 2 is 1.88 bits per heavy atom. The first-order valence-electron chi connectivity index (χ1n) is 11.3. The lowest BCUT2D eigenvalue weighted by Crippen LogP contribution is -2.11. The average molecular weight is 463 g/mol. The van der Waals surface area contributed by atoms with Crippen molar-refractivity contribution in [2.75, 3.05) is 13.3 Å². The van der Waals surface area contributed by atoms with Crippen molar-refractivity contribution in [3.63, 3.8) is 0 Å². The van der Waals surface area contributed by atoms with Crippen LogP contribution in [0.4, 0.5) is 0 Å². The number of carboxylic acids is 1. The summed E-state index contributed by atoms with van der Waals surface area (Å²) in [6.45, 7) is 2.64. The molecule has 1 aliphatic heterocycles. The van der Waals surface area contributed by atoms with Gasteiger partial charge in [-0.05, 0) is 61.6 Å². The summed E-state index contributed by atoms with van der Waals surface area (Å²) in [6, 6.07) is 8.12. The van der Waals surface area contributed by atoms with Gasteiger partial charge in [0.1, 0.15) is 5.69 Å². The van der Waals surface area contributed by atoms with Crippen molar-refractivity contribution in [3.05, 3.63) is 51.9 Å². The molecule has 2 aromatic heterocycles. The van der Waals surface area contributed by atoms with Crippen LogP contribution in [0.25, 0.3) is 33.2 Å². The zero-order valence-corrected chi connectivity index (χ0v) is 18.9. The highest BCUT2D eigenvalue weighted by Gasteiger charge is 2.22. The second-order valence-corrected chi connectivity index (χ2v) is 8.53. The third-order valence-corrected chi connectivity index (χ3v) is 6.14. The number of benzene rings is 2. The predicted octanol–water partition coefficient (Wildman–Crippen LogP) is 3.20. The summed E-state index contributed by atoms with van der Waals surface area (Å²) in [6.07, 6.45) is 6.13. The molecule has 4 N–H and O–H groups in total. The summed E-state index contributed by atoms with van der Waals surface area (Å²) < 4.78 is 13.3. The number of nitrogens with two attached hydrogens (primary N) is 1. The zero-order valence-electron chi connectivity index (χ0n) is 18.9. The Kier molecular flexibility index (Phi) is 5.70. The van der Waals surface area contributed by atoms with Gasteiger partial charge in [0.05, 0.1) is 16.6 Å². The first-order valence-corrected chi connectivity index (χ1v) is 11.3. The van der Waals surface area contributed by atoms with Crippen LogP contribution >= 0.6 is 0 Å². The van der Waals surface area contributed by atoms with Gasteiger partial charge in [-0.3, -0.25) is 9.59 Å². The van der Waals surface area contributed by atoms with Gasteiger partial charge < -0.3 is 29.9 Å². The number of aromatic amines is 1. The summed E-state index contributed by atoms with van der Waals surface area (Å²) in [7, 11) is 0. The van der Waals surface area contributed by atoms with Crippen LogP contribution in [-0.4, -0.2) is 38.9 Å². The molecule has 0 spiro atoms. The Hall–Kier alpha value is -3.85. The Bertz CT molecular complexity index is 1470. The van der Waals surface area contributed by atoms with E-state index in [1.54, 1.807) is 0 Å². The molecule has 34 heavy (non-hydrogen) atoms. The molecule has 9 nitrogen and oxygen atoms in total. The van der Waals surface area contributed by atoms with Crippen LogP contribution in [-0.2, 0) is 24.2 Å². The van der Waals surface area contributed by atoms with Crippen molar-refractivity contribution in [2.45, 2.75) is 39.2 Å². The van der Waals surface area contributed by atoms with E-state index in [1.165, 1.54) is 11.1 Å². The van der Waals surface area contributed by atoms with E-state index in [0.29, 0.717) is 18.0 Å². The van der Waals surface area contributed by atoms with Crippen molar-refractivity contribution < 1.29 is 19.4 Å². The van der Waals surface area contributed by atoms with Crippen molar-refractivity contribution in [2.24, 2.45) is 5.73 Å². The maximum absolute atomic E-state index is 13.0. The monoisotopic (exact) mass is 462 g/mol. The minimum Gasteiger partial charge on any atom is -0.481 e. The normalized spacial score (nSPS) is 13.7. The lowest BCUT2D eigenvalue weighted by Gasteiger charge is -2.05. The average Bonchev–Trinajstić information content (AvgIpc) is 3.52. The maximum atomic E-state index is 13.0. The summed E-state index contributed by atoms with van der Waals surface area (Å²) in [5.41, 5.74) is 12.0. The van der Waals surface area contributed by atoms with Crippen LogP contribution < -0.4 is 20.8 Å². The van der Waals surface area contributed by atoms with E-state index in [1.807, 2.05) is 18.3 Å². The summed E-state index contributed by atoms with van der Waals surface area (Å²) in [5, 5.41) is 8.34. The highest BCUT2D eigenvalue weighted by atomic mass is 16.7. The number of aliphatic carboxylic acids is 1. The number of aryl methyl sites for hydroxylation is 3. The molecule has 0 radical (unpaired) electrons. The highest BCUT2D eigenvalue weighted by molar-refractivity contribution is 5.98. The third-order valence-electron chi connectivity index (χ3n) is 6.14. The van der Waals surface area contributed by atoms with Crippen LogP contribution in [0, 0.1) is 0 Å². The molecule has 176 valence electrons. The Morgan fingerprint density at radius 3 is 2.62 bits per heavy atom. The Balaban J connectivity index is 0.000000560. The van der Waals surface area contributed by atoms with E-state index in [-0.39, 0.29) is 12.4 Å². The number of nitrogens with zero attached hydrogens (tertiary/aromatic N) is 2. The van der Waals surface area contributed by atoms with Crippen molar-refractivity contribution in [3.8, 4) is 22.8 Å². The van der Waals surface area contributed by atoms with Crippen LogP contribution in [0.2, 0.25) is 0 Å². The molecule has 6 rings (SSSR count). The fourth-order valence-electron chi connectivity index (χ4n) is 4.65. The van der Waals surface area contributed by atoms with E-state index < -0.39 is 5.97 Å². The van der Waals surface area contributed by atoms with Crippen molar-refractivity contribution in [1.82, 2.24) is 14.5 Å². The largest absolute Gasteiger partial charge is 0.481 e. The lowest BCUT2D eigenvalue weighted by molar-refractivity contribution is -0.134. The smallest absolute Gasteiger partial charge is 0.300 e. The summed E-state index contributed by atoms with van der Waals surface area (Å²) in [5.74, 6) is 0.576. The molecule has 2 aliphatic rings. The standard InChI is InChI=1S/C23H22N4O3.C2H4O2/c24-5-2-6-27-11-16(15-9-20-21(10-19(15)27)30-12-29-20)22-23(28)26-18-8-14-4-1-3-13(14)7-17(18)25-22;1-2(3)4/h7-11H,1-6,12,24H2,(H,26,28);1H3,(H,3,4). The van der Waals surface area contributed by atoms with Gasteiger partial charge in [0.25, 0.3) is 11.5 Å². The molecule has 3 heterocycles. The van der Waals surface area contributed by atoms with Crippen LogP contribution in [0.1, 0.15) is 30.9 Å². The summed E-state index contributed by atoms with van der Waals surface area (Å²) in [4.78, 5) is 29.9. The number of fused-ring (bicyclic) bond motifs is 4. The van der Waals surface area contributed by atoms with Gasteiger partial charge in [-0.2, -0.15) is 0 Å². The van der Waals surface area contributed by atoms with Gasteiger partial charge in [0, 0.05) is 36.7 Å².